The van der Waals surface area contributed by atoms with Crippen molar-refractivity contribution in [3.8, 4) is 0 Å². The average Bonchev–Trinajstić information content (AvgIpc) is 3.19. The van der Waals surface area contributed by atoms with Crippen LogP contribution in [0.15, 0.2) is 0 Å². The first-order valence-electron chi connectivity index (χ1n) is 8.85. The number of amides is 1. The Labute approximate surface area is 129 Å². The Bertz CT molecular complexity index is 385. The van der Waals surface area contributed by atoms with E-state index >= 15 is 0 Å². The zero-order valence-electron chi connectivity index (χ0n) is 13.9. The van der Waals surface area contributed by atoms with Gasteiger partial charge in [0.25, 0.3) is 0 Å². The third-order valence-corrected chi connectivity index (χ3v) is 5.41. The molecule has 2 heterocycles. The fraction of sp³-hybridized carbons (Fsp3) is 0.941. The van der Waals surface area contributed by atoms with Crippen LogP contribution in [0.4, 0.5) is 0 Å². The lowest BCUT2D eigenvalue weighted by Gasteiger charge is -2.36. The Morgan fingerprint density at radius 3 is 2.43 bits per heavy atom. The number of carbonyl (C=O) groups is 1. The summed E-state index contributed by atoms with van der Waals surface area (Å²) in [6, 6.07) is 0.486. The lowest BCUT2D eigenvalue weighted by atomic mass is 10.1. The largest absolute Gasteiger partial charge is 0.324 e. The summed E-state index contributed by atoms with van der Waals surface area (Å²) < 4.78 is 0. The molecule has 2 atom stereocenters. The second-order valence-electron chi connectivity index (χ2n) is 7.77. The monoisotopic (exact) mass is 293 g/mol. The molecule has 4 heteroatoms. The van der Waals surface area contributed by atoms with Gasteiger partial charge in [0.1, 0.15) is 0 Å². The van der Waals surface area contributed by atoms with E-state index in [-0.39, 0.29) is 11.7 Å². The van der Waals surface area contributed by atoms with Crippen LogP contribution in [-0.2, 0) is 4.79 Å². The maximum absolute atomic E-state index is 12.7. The van der Waals surface area contributed by atoms with Gasteiger partial charge in [0.2, 0.25) is 5.91 Å². The van der Waals surface area contributed by atoms with Crippen molar-refractivity contribution in [2.24, 2.45) is 5.92 Å². The summed E-state index contributed by atoms with van der Waals surface area (Å²) in [6.45, 7) is 10.1. The van der Waals surface area contributed by atoms with Crippen molar-refractivity contribution in [1.29, 1.82) is 0 Å². The van der Waals surface area contributed by atoms with Crippen molar-refractivity contribution >= 4 is 5.91 Å². The summed E-state index contributed by atoms with van der Waals surface area (Å²) in [6.07, 6.45) is 7.40. The molecule has 3 rings (SSSR count). The van der Waals surface area contributed by atoms with Gasteiger partial charge >= 0.3 is 0 Å². The highest BCUT2D eigenvalue weighted by molar-refractivity contribution is 5.91. The van der Waals surface area contributed by atoms with E-state index in [1.807, 2.05) is 0 Å². The summed E-state index contributed by atoms with van der Waals surface area (Å²) in [5.41, 5.74) is -0.166. The first kappa shape index (κ1) is 15.3. The quantitative estimate of drug-likeness (QED) is 0.844. The highest BCUT2D eigenvalue weighted by Crippen LogP contribution is 2.43. The van der Waals surface area contributed by atoms with E-state index in [0.29, 0.717) is 17.9 Å². The number of nitrogens with one attached hydrogen (secondary N) is 1. The van der Waals surface area contributed by atoms with Crippen LogP contribution in [0, 0.1) is 5.92 Å². The van der Waals surface area contributed by atoms with Crippen LogP contribution >= 0.6 is 0 Å². The molecule has 0 aromatic heterocycles. The van der Waals surface area contributed by atoms with Gasteiger partial charge in [0.05, 0.1) is 11.7 Å². The summed E-state index contributed by atoms with van der Waals surface area (Å²) in [7, 11) is 0. The molecule has 1 saturated carbocycles. The van der Waals surface area contributed by atoms with Gasteiger partial charge in [-0.05, 0) is 58.0 Å². The van der Waals surface area contributed by atoms with E-state index in [2.05, 4.69) is 35.9 Å². The summed E-state index contributed by atoms with van der Waals surface area (Å²) in [4.78, 5) is 17.5. The SMILES string of the molecule is CC(C)CC1NC2(CC2)C(=O)N1CC(C)N1CCCCC1. The van der Waals surface area contributed by atoms with Crippen LogP contribution in [-0.4, -0.2) is 53.1 Å². The maximum atomic E-state index is 12.7. The summed E-state index contributed by atoms with van der Waals surface area (Å²) >= 11 is 0. The Balaban J connectivity index is 1.64. The van der Waals surface area contributed by atoms with Crippen molar-refractivity contribution in [2.45, 2.75) is 77.0 Å². The molecular formula is C17H31N3O. The third-order valence-electron chi connectivity index (χ3n) is 5.41. The van der Waals surface area contributed by atoms with Gasteiger partial charge in [-0.25, -0.2) is 0 Å². The number of carbonyl (C=O) groups excluding carboxylic acids is 1. The standard InChI is InChI=1S/C17H31N3O/c1-13(2)11-15-18-17(7-8-17)16(21)20(15)12-14(3)19-9-5-4-6-10-19/h13-15,18H,4-12H2,1-3H3. The average molecular weight is 293 g/mol. The van der Waals surface area contributed by atoms with Crippen molar-refractivity contribution in [2.75, 3.05) is 19.6 Å². The topological polar surface area (TPSA) is 35.6 Å². The van der Waals surface area contributed by atoms with E-state index in [4.69, 9.17) is 0 Å². The zero-order chi connectivity index (χ0) is 15.0. The van der Waals surface area contributed by atoms with E-state index in [1.54, 1.807) is 0 Å². The lowest BCUT2D eigenvalue weighted by molar-refractivity contribution is -0.131. The van der Waals surface area contributed by atoms with Crippen molar-refractivity contribution < 1.29 is 4.79 Å². The molecule has 2 unspecified atom stereocenters. The molecule has 1 N–H and O–H groups in total. The van der Waals surface area contributed by atoms with Crippen molar-refractivity contribution in [1.82, 2.24) is 15.1 Å². The molecular weight excluding hydrogens is 262 g/mol. The summed E-state index contributed by atoms with van der Waals surface area (Å²) in [5, 5.41) is 3.64. The van der Waals surface area contributed by atoms with Crippen LogP contribution in [0.2, 0.25) is 0 Å². The molecule has 2 aliphatic heterocycles. The number of piperidine rings is 1. The maximum Gasteiger partial charge on any atom is 0.244 e. The van der Waals surface area contributed by atoms with E-state index in [0.717, 1.165) is 25.8 Å². The first-order valence-corrected chi connectivity index (χ1v) is 8.85. The Morgan fingerprint density at radius 2 is 1.86 bits per heavy atom. The number of hydrogen-bond donors (Lipinski definition) is 1. The molecule has 1 aliphatic carbocycles. The van der Waals surface area contributed by atoms with E-state index in [9.17, 15) is 4.79 Å². The van der Waals surface area contributed by atoms with E-state index < -0.39 is 0 Å². The second kappa shape index (κ2) is 5.88. The Hall–Kier alpha value is -0.610. The minimum absolute atomic E-state index is 0.166. The van der Waals surface area contributed by atoms with Crippen molar-refractivity contribution in [3.63, 3.8) is 0 Å². The van der Waals surface area contributed by atoms with Gasteiger partial charge in [0, 0.05) is 12.6 Å². The number of rotatable bonds is 5. The first-order chi connectivity index (χ1) is 10.0. The second-order valence-corrected chi connectivity index (χ2v) is 7.77. The molecule has 3 fully saturated rings. The molecule has 0 aromatic rings. The number of nitrogens with zero attached hydrogens (tertiary/aromatic N) is 2. The molecule has 4 nitrogen and oxygen atoms in total. The smallest absolute Gasteiger partial charge is 0.244 e. The molecule has 2 saturated heterocycles. The minimum atomic E-state index is -0.166. The van der Waals surface area contributed by atoms with E-state index in [1.165, 1.54) is 32.4 Å². The van der Waals surface area contributed by atoms with Gasteiger partial charge in [-0.2, -0.15) is 0 Å². The lowest BCUT2D eigenvalue weighted by Crippen LogP contribution is -2.48. The Morgan fingerprint density at radius 1 is 1.19 bits per heavy atom. The molecule has 21 heavy (non-hydrogen) atoms. The van der Waals surface area contributed by atoms with Crippen LogP contribution in [0.5, 0.6) is 0 Å². The van der Waals surface area contributed by atoms with Crippen molar-refractivity contribution in [3.05, 3.63) is 0 Å². The minimum Gasteiger partial charge on any atom is -0.324 e. The molecule has 0 aromatic carbocycles. The molecule has 0 radical (unpaired) electrons. The van der Waals surface area contributed by atoms with Gasteiger partial charge < -0.3 is 4.90 Å². The molecule has 1 amide bonds. The number of likely N-dealkylation sites (tertiary alicyclic amines) is 1. The molecule has 3 aliphatic rings. The number of hydrogen-bond acceptors (Lipinski definition) is 3. The third kappa shape index (κ3) is 3.11. The molecule has 120 valence electrons. The normalized spacial score (nSPS) is 30.4. The fourth-order valence-electron chi connectivity index (χ4n) is 3.96. The van der Waals surface area contributed by atoms with Gasteiger partial charge in [-0.1, -0.05) is 20.3 Å². The van der Waals surface area contributed by atoms with Crippen LogP contribution in [0.3, 0.4) is 0 Å². The van der Waals surface area contributed by atoms with Gasteiger partial charge in [0.15, 0.2) is 0 Å². The van der Waals surface area contributed by atoms with Gasteiger partial charge in [-0.15, -0.1) is 0 Å². The predicted octanol–water partition coefficient (Wildman–Crippen LogP) is 2.20. The molecule has 0 bridgehead atoms. The Kier molecular flexibility index (Phi) is 4.28. The van der Waals surface area contributed by atoms with Crippen LogP contribution in [0.1, 0.15) is 59.3 Å². The van der Waals surface area contributed by atoms with Gasteiger partial charge in [-0.3, -0.25) is 15.0 Å². The highest BCUT2D eigenvalue weighted by Gasteiger charge is 2.59. The van der Waals surface area contributed by atoms with Crippen LogP contribution in [0.25, 0.3) is 0 Å². The van der Waals surface area contributed by atoms with Crippen LogP contribution < -0.4 is 5.32 Å². The fourth-order valence-corrected chi connectivity index (χ4v) is 3.96. The zero-order valence-corrected chi connectivity index (χ0v) is 13.9. The predicted molar refractivity (Wildman–Crippen MR) is 84.9 cm³/mol. The summed E-state index contributed by atoms with van der Waals surface area (Å²) in [5.74, 6) is 0.994. The highest BCUT2D eigenvalue weighted by atomic mass is 16.2. The molecule has 1 spiro atoms.